The Morgan fingerprint density at radius 3 is 2.00 bits per heavy atom. The molecule has 0 aromatic carbocycles. The van der Waals surface area contributed by atoms with Crippen molar-refractivity contribution in [3.63, 3.8) is 0 Å². The first-order valence-electron chi connectivity index (χ1n) is 6.89. The minimum atomic E-state index is -1.48. The zero-order valence-corrected chi connectivity index (χ0v) is 12.4. The van der Waals surface area contributed by atoms with Crippen molar-refractivity contribution < 1.29 is 9.47 Å². The van der Waals surface area contributed by atoms with Crippen molar-refractivity contribution in [3.05, 3.63) is 0 Å². The van der Waals surface area contributed by atoms with E-state index >= 15 is 0 Å². The van der Waals surface area contributed by atoms with Crippen molar-refractivity contribution in [1.29, 1.82) is 10.5 Å². The second-order valence-electron chi connectivity index (χ2n) is 5.35. The van der Waals surface area contributed by atoms with E-state index in [1.165, 1.54) is 0 Å². The topological polar surface area (TPSA) is 104 Å². The molecule has 1 heterocycles. The molecule has 0 aromatic rings. The molecule has 0 spiro atoms. The number of rotatable bonds is 5. The van der Waals surface area contributed by atoms with Gasteiger partial charge in [-0.15, -0.1) is 0 Å². The summed E-state index contributed by atoms with van der Waals surface area (Å²) in [4.78, 5) is 4.26. The highest BCUT2D eigenvalue weighted by atomic mass is 16.7. The summed E-state index contributed by atoms with van der Waals surface area (Å²) in [5.41, 5.74) is 3.09. The Labute approximate surface area is 119 Å². The van der Waals surface area contributed by atoms with Crippen molar-refractivity contribution in [2.45, 2.75) is 40.0 Å². The highest BCUT2D eigenvalue weighted by molar-refractivity contribution is 6.00. The molecule has 3 atom stereocenters. The van der Waals surface area contributed by atoms with Crippen LogP contribution in [0, 0.1) is 38.9 Å². The van der Waals surface area contributed by atoms with Crippen molar-refractivity contribution in [2.24, 2.45) is 27.0 Å². The van der Waals surface area contributed by atoms with Gasteiger partial charge in [-0.1, -0.05) is 13.8 Å². The van der Waals surface area contributed by atoms with Crippen LogP contribution in [0.3, 0.4) is 0 Å². The van der Waals surface area contributed by atoms with Crippen molar-refractivity contribution in [1.82, 2.24) is 0 Å². The maximum absolute atomic E-state index is 9.85. The molecule has 1 aliphatic heterocycles. The summed E-state index contributed by atoms with van der Waals surface area (Å²) in [5, 5.41) is 19.5. The SMILES string of the molecule is CCOC1(OCC)N=C(N)[C@@]2(C#N)[C@@](C)(CC)[C@@]12C#N. The molecule has 1 fully saturated rings. The molecule has 20 heavy (non-hydrogen) atoms. The predicted octanol–water partition coefficient (Wildman–Crippen LogP) is 1.53. The quantitative estimate of drug-likeness (QED) is 0.767. The monoisotopic (exact) mass is 276 g/mol. The molecule has 6 heteroatoms. The van der Waals surface area contributed by atoms with Gasteiger partial charge in [0.05, 0.1) is 12.1 Å². The van der Waals surface area contributed by atoms with Crippen LogP contribution < -0.4 is 5.73 Å². The molecule has 108 valence electrons. The lowest BCUT2D eigenvalue weighted by Gasteiger charge is -2.33. The zero-order chi connectivity index (χ0) is 15.2. The summed E-state index contributed by atoms with van der Waals surface area (Å²) in [6.45, 7) is 8.06. The second kappa shape index (κ2) is 4.18. The Morgan fingerprint density at radius 2 is 1.70 bits per heavy atom. The third kappa shape index (κ3) is 1.06. The number of hydrogen-bond acceptors (Lipinski definition) is 6. The standard InChI is InChI=1S/C14H20N4O2/c1-5-11(4)12(8-15)10(17)18-14(19-6-2,20-7-3)13(11,12)9-16/h5-7H2,1-4H3,(H2,17,18)/t11-,12+,13-/m1/s1. The van der Waals surface area contributed by atoms with Gasteiger partial charge in [-0.25, -0.2) is 4.99 Å². The Hall–Kier alpha value is -1.63. The van der Waals surface area contributed by atoms with E-state index in [0.717, 1.165) is 0 Å². The van der Waals surface area contributed by atoms with Crippen LogP contribution in [-0.2, 0) is 9.47 Å². The normalized spacial score (nSPS) is 40.4. The van der Waals surface area contributed by atoms with Crippen LogP contribution in [-0.4, -0.2) is 25.0 Å². The lowest BCUT2D eigenvalue weighted by atomic mass is 9.89. The number of ether oxygens (including phenoxy) is 2. The molecule has 0 radical (unpaired) electrons. The molecule has 0 amide bonds. The van der Waals surface area contributed by atoms with Crippen molar-refractivity contribution in [2.75, 3.05) is 13.2 Å². The van der Waals surface area contributed by atoms with Gasteiger partial charge in [0.25, 0.3) is 5.91 Å². The van der Waals surface area contributed by atoms with Crippen LogP contribution in [0.15, 0.2) is 4.99 Å². The van der Waals surface area contributed by atoms with Gasteiger partial charge in [-0.2, -0.15) is 10.5 Å². The summed E-state index contributed by atoms with van der Waals surface area (Å²) >= 11 is 0. The van der Waals surface area contributed by atoms with Crippen LogP contribution >= 0.6 is 0 Å². The largest absolute Gasteiger partial charge is 0.386 e. The van der Waals surface area contributed by atoms with Crippen LogP contribution in [0.25, 0.3) is 0 Å². The second-order valence-corrected chi connectivity index (χ2v) is 5.35. The molecule has 2 aliphatic rings. The van der Waals surface area contributed by atoms with Crippen molar-refractivity contribution >= 4 is 5.84 Å². The first-order valence-corrected chi connectivity index (χ1v) is 6.89. The van der Waals surface area contributed by atoms with E-state index in [1.807, 2.05) is 13.8 Å². The number of aliphatic imine (C=N–C) groups is 1. The smallest absolute Gasteiger partial charge is 0.293 e. The van der Waals surface area contributed by atoms with E-state index in [2.05, 4.69) is 17.1 Å². The number of hydrogen-bond donors (Lipinski definition) is 1. The number of amidine groups is 1. The predicted molar refractivity (Wildman–Crippen MR) is 72.1 cm³/mol. The van der Waals surface area contributed by atoms with E-state index in [-0.39, 0.29) is 5.84 Å². The maximum atomic E-state index is 9.85. The maximum Gasteiger partial charge on any atom is 0.293 e. The number of nitrogens with zero attached hydrogens (tertiary/aromatic N) is 3. The van der Waals surface area contributed by atoms with Gasteiger partial charge < -0.3 is 15.2 Å². The summed E-state index contributed by atoms with van der Waals surface area (Å²) in [7, 11) is 0. The first-order chi connectivity index (χ1) is 9.43. The molecule has 1 saturated carbocycles. The molecule has 0 saturated heterocycles. The van der Waals surface area contributed by atoms with Gasteiger partial charge >= 0.3 is 0 Å². The minimum Gasteiger partial charge on any atom is -0.386 e. The third-order valence-electron chi connectivity index (χ3n) is 5.00. The van der Waals surface area contributed by atoms with Gasteiger partial charge in [0.2, 0.25) is 0 Å². The fourth-order valence-electron chi connectivity index (χ4n) is 3.96. The summed E-state index contributed by atoms with van der Waals surface area (Å²) < 4.78 is 11.4. The van der Waals surface area contributed by atoms with Gasteiger partial charge in [0.1, 0.15) is 11.3 Å². The number of fused-ring (bicyclic) bond motifs is 1. The number of nitrogens with two attached hydrogens (primary N) is 1. The molecule has 0 aromatic heterocycles. The summed E-state index contributed by atoms with van der Waals surface area (Å²) in [5.74, 6) is -1.33. The zero-order valence-electron chi connectivity index (χ0n) is 12.4. The van der Waals surface area contributed by atoms with E-state index in [4.69, 9.17) is 15.2 Å². The van der Waals surface area contributed by atoms with Crippen LogP contribution in [0.2, 0.25) is 0 Å². The van der Waals surface area contributed by atoms with Gasteiger partial charge in [-0.05, 0) is 20.3 Å². The van der Waals surface area contributed by atoms with Crippen LogP contribution in [0.4, 0.5) is 0 Å². The van der Waals surface area contributed by atoms with Gasteiger partial charge in [0, 0.05) is 18.6 Å². The molecular weight excluding hydrogens is 256 g/mol. The average molecular weight is 276 g/mol. The van der Waals surface area contributed by atoms with Crippen molar-refractivity contribution in [3.8, 4) is 12.1 Å². The van der Waals surface area contributed by atoms with Gasteiger partial charge in [-0.3, -0.25) is 0 Å². The number of nitriles is 2. The Morgan fingerprint density at radius 1 is 1.15 bits per heavy atom. The van der Waals surface area contributed by atoms with E-state index in [0.29, 0.717) is 19.6 Å². The Bertz CT molecular complexity index is 540. The Kier molecular flexibility index (Phi) is 3.09. The summed E-state index contributed by atoms with van der Waals surface area (Å²) in [6, 6.07) is 4.50. The minimum absolute atomic E-state index is 0.146. The van der Waals surface area contributed by atoms with Crippen LogP contribution in [0.5, 0.6) is 0 Å². The van der Waals surface area contributed by atoms with Gasteiger partial charge in [0.15, 0.2) is 5.41 Å². The highest BCUT2D eigenvalue weighted by Gasteiger charge is 2.98. The molecular formula is C14H20N4O2. The lowest BCUT2D eigenvalue weighted by molar-refractivity contribution is -0.260. The lowest BCUT2D eigenvalue weighted by Crippen LogP contribution is -2.45. The van der Waals surface area contributed by atoms with E-state index in [9.17, 15) is 10.5 Å². The first kappa shape index (κ1) is 14.8. The average Bonchev–Trinajstić information content (AvgIpc) is 2.85. The van der Waals surface area contributed by atoms with E-state index < -0.39 is 22.2 Å². The highest BCUT2D eigenvalue weighted by Crippen LogP contribution is 2.86. The molecule has 6 nitrogen and oxygen atoms in total. The molecule has 0 bridgehead atoms. The summed E-state index contributed by atoms with van der Waals surface area (Å²) in [6.07, 6.45) is 0.617. The third-order valence-corrected chi connectivity index (χ3v) is 5.00. The molecule has 2 rings (SSSR count). The van der Waals surface area contributed by atoms with E-state index in [1.54, 1.807) is 13.8 Å². The fourth-order valence-corrected chi connectivity index (χ4v) is 3.96. The molecule has 2 N–H and O–H groups in total. The Balaban J connectivity index is 2.71. The molecule has 1 aliphatic carbocycles. The fraction of sp³-hybridized carbons (Fsp3) is 0.786. The molecule has 0 unspecified atom stereocenters. The van der Waals surface area contributed by atoms with Crippen LogP contribution in [0.1, 0.15) is 34.1 Å².